The van der Waals surface area contributed by atoms with Crippen LogP contribution in [0.5, 0.6) is 0 Å². The third kappa shape index (κ3) is 72.8. The van der Waals surface area contributed by atoms with E-state index < -0.39 is 97.5 Å². The molecule has 0 heterocycles. The quantitative estimate of drug-likeness (QED) is 0.0222. The monoisotopic (exact) mass is 1450 g/mol. The Hall–Kier alpha value is -1.94. The Morgan fingerprint density at radius 3 is 0.768 bits per heavy atom. The van der Waals surface area contributed by atoms with Crippen LogP contribution in [0.25, 0.3) is 0 Å². The highest BCUT2D eigenvalue weighted by Gasteiger charge is 2.30. The van der Waals surface area contributed by atoms with Gasteiger partial charge in [-0.15, -0.1) is 0 Å². The predicted octanol–water partition coefficient (Wildman–Crippen LogP) is 23.7. The van der Waals surface area contributed by atoms with Crippen molar-refractivity contribution in [3.8, 4) is 0 Å². The van der Waals surface area contributed by atoms with Gasteiger partial charge in [0.15, 0.2) is 12.2 Å². The van der Waals surface area contributed by atoms with Crippen LogP contribution < -0.4 is 0 Å². The van der Waals surface area contributed by atoms with Crippen LogP contribution in [0.4, 0.5) is 0 Å². The summed E-state index contributed by atoms with van der Waals surface area (Å²) in [5.41, 5.74) is 0. The van der Waals surface area contributed by atoms with E-state index in [9.17, 15) is 43.2 Å². The van der Waals surface area contributed by atoms with Crippen molar-refractivity contribution in [2.24, 2.45) is 17.8 Å². The van der Waals surface area contributed by atoms with Gasteiger partial charge in [0.05, 0.1) is 26.4 Å². The number of aliphatic hydroxyl groups excluding tert-OH is 1. The number of phosphoric acid groups is 2. The molecule has 0 radical (unpaired) electrons. The van der Waals surface area contributed by atoms with Crippen molar-refractivity contribution in [2.75, 3.05) is 39.6 Å². The number of unbranched alkanes of at least 4 members (excludes halogenated alkanes) is 45. The standard InChI is InChI=1S/C80H156O17P2/c1-8-10-11-12-13-14-15-16-23-29-34-41-49-56-63-80(85)97-76(68-91-78(83)62-55-48-43-36-38-45-52-59-72(5)6)70-95-99(88,89)93-66-74(81)65-92-98(86,87)94-69-75(67-90-77(82)61-54-47-40-33-28-24-19-17-21-26-31-37-44-51-58-71(3)4)96-79(84)64-57-50-42-35-30-25-20-18-22-27-32-39-46-53-60-73(7)9-2/h71-76,81H,8-70H2,1-7H3,(H,86,87)(H,88,89)/t73?,74-,75-,76-/m1/s1. The summed E-state index contributed by atoms with van der Waals surface area (Å²) in [6, 6.07) is 0. The fraction of sp³-hybridized carbons (Fsp3) is 0.950. The van der Waals surface area contributed by atoms with Gasteiger partial charge in [-0.05, 0) is 43.4 Å². The number of phosphoric ester groups is 2. The minimum atomic E-state index is -4.96. The van der Waals surface area contributed by atoms with Gasteiger partial charge in [0.2, 0.25) is 0 Å². The minimum Gasteiger partial charge on any atom is -0.462 e. The van der Waals surface area contributed by atoms with E-state index in [-0.39, 0.29) is 25.7 Å². The van der Waals surface area contributed by atoms with Gasteiger partial charge in [-0.3, -0.25) is 37.3 Å². The lowest BCUT2D eigenvalue weighted by Gasteiger charge is -2.21. The molecule has 0 amide bonds. The first-order valence-electron chi connectivity index (χ1n) is 41.4. The molecule has 3 unspecified atom stereocenters. The molecular formula is C80H156O17P2. The lowest BCUT2D eigenvalue weighted by atomic mass is 9.99. The molecule has 0 aliphatic heterocycles. The molecule has 0 aliphatic carbocycles. The van der Waals surface area contributed by atoms with E-state index in [1.54, 1.807) is 0 Å². The molecule has 588 valence electrons. The zero-order valence-electron chi connectivity index (χ0n) is 65.0. The molecule has 6 atom stereocenters. The molecule has 0 aromatic carbocycles. The third-order valence-electron chi connectivity index (χ3n) is 19.0. The molecule has 0 aromatic heterocycles. The van der Waals surface area contributed by atoms with Gasteiger partial charge in [0, 0.05) is 25.7 Å². The summed E-state index contributed by atoms with van der Waals surface area (Å²) >= 11 is 0. The average molecular weight is 1450 g/mol. The van der Waals surface area contributed by atoms with Crippen molar-refractivity contribution in [1.29, 1.82) is 0 Å². The first-order valence-corrected chi connectivity index (χ1v) is 44.4. The molecule has 99 heavy (non-hydrogen) atoms. The first kappa shape index (κ1) is 97.1. The largest absolute Gasteiger partial charge is 0.472 e. The van der Waals surface area contributed by atoms with Crippen LogP contribution in [-0.4, -0.2) is 96.7 Å². The Morgan fingerprint density at radius 2 is 0.515 bits per heavy atom. The predicted molar refractivity (Wildman–Crippen MR) is 405 cm³/mol. The fourth-order valence-corrected chi connectivity index (χ4v) is 13.9. The van der Waals surface area contributed by atoms with Crippen molar-refractivity contribution >= 4 is 39.5 Å². The highest BCUT2D eigenvalue weighted by atomic mass is 31.2. The molecule has 0 aromatic rings. The van der Waals surface area contributed by atoms with Crippen LogP contribution in [0, 0.1) is 17.8 Å². The van der Waals surface area contributed by atoms with Gasteiger partial charge < -0.3 is 33.8 Å². The highest BCUT2D eigenvalue weighted by molar-refractivity contribution is 7.47. The van der Waals surface area contributed by atoms with Crippen LogP contribution in [-0.2, 0) is 65.4 Å². The van der Waals surface area contributed by atoms with E-state index >= 15 is 0 Å². The normalized spacial score (nSPS) is 14.3. The Kier molecular flexibility index (Phi) is 69.0. The SMILES string of the molecule is CCCCCCCCCCCCCCCCC(=O)O[C@H](COC(=O)CCCCCCCCCC(C)C)COP(=O)(O)OC[C@H](O)COP(=O)(O)OC[C@@H](COC(=O)CCCCCCCCCCCCCCCCC(C)C)OC(=O)CCCCCCCCCCCCCCCCC(C)CC. The van der Waals surface area contributed by atoms with Crippen molar-refractivity contribution < 1.29 is 80.2 Å². The number of esters is 4. The first-order chi connectivity index (χ1) is 47.8. The number of carbonyl (C=O) groups is 4. The maximum Gasteiger partial charge on any atom is 0.472 e. The smallest absolute Gasteiger partial charge is 0.462 e. The van der Waals surface area contributed by atoms with Crippen molar-refractivity contribution in [1.82, 2.24) is 0 Å². The van der Waals surface area contributed by atoms with Gasteiger partial charge in [-0.25, -0.2) is 9.13 Å². The van der Waals surface area contributed by atoms with Crippen LogP contribution in [0.3, 0.4) is 0 Å². The summed E-state index contributed by atoms with van der Waals surface area (Å²) in [7, 11) is -9.92. The van der Waals surface area contributed by atoms with Gasteiger partial charge >= 0.3 is 39.5 Å². The van der Waals surface area contributed by atoms with E-state index in [2.05, 4.69) is 48.5 Å². The van der Waals surface area contributed by atoms with Crippen LogP contribution in [0.2, 0.25) is 0 Å². The van der Waals surface area contributed by atoms with Gasteiger partial charge in [-0.2, -0.15) is 0 Å². The Bertz CT molecular complexity index is 1920. The van der Waals surface area contributed by atoms with Gasteiger partial charge in [0.25, 0.3) is 0 Å². The topological polar surface area (TPSA) is 237 Å². The zero-order chi connectivity index (χ0) is 73.0. The van der Waals surface area contributed by atoms with Crippen LogP contribution in [0.15, 0.2) is 0 Å². The second-order valence-electron chi connectivity index (χ2n) is 30.0. The van der Waals surface area contributed by atoms with E-state index in [1.807, 2.05) is 0 Å². The summed E-state index contributed by atoms with van der Waals surface area (Å²) in [6.45, 7) is 12.0. The number of ether oxygens (including phenoxy) is 4. The van der Waals surface area contributed by atoms with Crippen LogP contribution >= 0.6 is 15.6 Å². The molecule has 0 rings (SSSR count). The van der Waals surface area contributed by atoms with E-state index in [4.69, 9.17) is 37.0 Å². The van der Waals surface area contributed by atoms with Gasteiger partial charge in [0.1, 0.15) is 19.3 Å². The summed E-state index contributed by atoms with van der Waals surface area (Å²) in [5.74, 6) is 0.239. The summed E-state index contributed by atoms with van der Waals surface area (Å²) in [5, 5.41) is 10.6. The van der Waals surface area contributed by atoms with E-state index in [1.165, 1.54) is 218 Å². The minimum absolute atomic E-state index is 0.107. The molecule has 0 fully saturated rings. The number of aliphatic hydroxyl groups is 1. The van der Waals surface area contributed by atoms with Crippen molar-refractivity contribution in [2.45, 2.75) is 433 Å². The van der Waals surface area contributed by atoms with Crippen molar-refractivity contribution in [3.05, 3.63) is 0 Å². The highest BCUT2D eigenvalue weighted by Crippen LogP contribution is 2.45. The number of hydrogen-bond donors (Lipinski definition) is 3. The average Bonchev–Trinajstić information content (AvgIpc) is 1.37. The maximum absolute atomic E-state index is 13.1. The summed E-state index contributed by atoms with van der Waals surface area (Å²) < 4.78 is 68.7. The van der Waals surface area contributed by atoms with Gasteiger partial charge in [-0.1, -0.05) is 363 Å². The number of carbonyl (C=O) groups excluding carboxylic acids is 4. The van der Waals surface area contributed by atoms with Crippen molar-refractivity contribution in [3.63, 3.8) is 0 Å². The Labute approximate surface area is 607 Å². The molecule has 3 N–H and O–H groups in total. The fourth-order valence-electron chi connectivity index (χ4n) is 12.3. The maximum atomic E-state index is 13.1. The molecule has 0 bridgehead atoms. The molecule has 19 heteroatoms. The molecule has 0 saturated heterocycles. The summed E-state index contributed by atoms with van der Waals surface area (Å²) in [4.78, 5) is 73.0. The Morgan fingerprint density at radius 1 is 0.293 bits per heavy atom. The molecular weight excluding hydrogens is 1290 g/mol. The third-order valence-corrected chi connectivity index (χ3v) is 20.9. The molecule has 0 saturated carbocycles. The molecule has 0 spiro atoms. The molecule has 0 aliphatic rings. The lowest BCUT2D eigenvalue weighted by Crippen LogP contribution is -2.30. The second kappa shape index (κ2) is 70.4. The number of hydrogen-bond acceptors (Lipinski definition) is 15. The summed E-state index contributed by atoms with van der Waals surface area (Å²) in [6.07, 6.45) is 58.2. The Balaban J connectivity index is 5.25. The van der Waals surface area contributed by atoms with Crippen LogP contribution in [0.1, 0.15) is 414 Å². The zero-order valence-corrected chi connectivity index (χ0v) is 66.8. The number of rotatable bonds is 78. The lowest BCUT2D eigenvalue weighted by molar-refractivity contribution is -0.161. The van der Waals surface area contributed by atoms with E-state index in [0.29, 0.717) is 31.6 Å². The second-order valence-corrected chi connectivity index (χ2v) is 32.9. The van der Waals surface area contributed by atoms with E-state index in [0.717, 1.165) is 108 Å². The molecule has 17 nitrogen and oxygen atoms in total.